The van der Waals surface area contributed by atoms with Gasteiger partial charge in [-0.3, -0.25) is 4.79 Å². The van der Waals surface area contributed by atoms with E-state index in [2.05, 4.69) is 19.2 Å². The van der Waals surface area contributed by atoms with E-state index in [1.54, 1.807) is 0 Å². The number of carbonyl (C=O) groups excluding carboxylic acids is 1. The third kappa shape index (κ3) is 3.18. The van der Waals surface area contributed by atoms with Crippen LogP contribution < -0.4 is 5.32 Å². The second-order valence-electron chi connectivity index (χ2n) is 4.28. The minimum absolute atomic E-state index is 0.0286. The van der Waals surface area contributed by atoms with E-state index in [0.717, 1.165) is 25.9 Å². The number of amides is 1. The third-order valence-electron chi connectivity index (χ3n) is 3.09. The molecule has 1 rings (SSSR count). The number of carbonyl (C=O) groups is 1. The van der Waals surface area contributed by atoms with Crippen LogP contribution in [0.2, 0.25) is 0 Å². The monoisotopic (exact) mass is 214 g/mol. The van der Waals surface area contributed by atoms with E-state index >= 15 is 0 Å². The minimum Gasteiger partial charge on any atom is -0.394 e. The van der Waals surface area contributed by atoms with E-state index in [1.807, 2.05) is 4.90 Å². The number of likely N-dealkylation sites (tertiary alicyclic amines) is 1. The molecule has 1 saturated heterocycles. The lowest BCUT2D eigenvalue weighted by molar-refractivity contribution is -0.132. The first kappa shape index (κ1) is 12.5. The van der Waals surface area contributed by atoms with Gasteiger partial charge >= 0.3 is 0 Å². The number of hydrogen-bond acceptors (Lipinski definition) is 3. The van der Waals surface area contributed by atoms with Crippen molar-refractivity contribution >= 4 is 5.91 Å². The maximum absolute atomic E-state index is 11.8. The molecule has 1 amide bonds. The lowest BCUT2D eigenvalue weighted by atomic mass is 10.0. The van der Waals surface area contributed by atoms with Gasteiger partial charge in [-0.25, -0.2) is 0 Å². The van der Waals surface area contributed by atoms with E-state index < -0.39 is 0 Å². The number of hydrogen-bond donors (Lipinski definition) is 2. The summed E-state index contributed by atoms with van der Waals surface area (Å²) in [4.78, 5) is 13.6. The smallest absolute Gasteiger partial charge is 0.236 e. The summed E-state index contributed by atoms with van der Waals surface area (Å²) in [6.45, 7) is 6.31. The lowest BCUT2D eigenvalue weighted by Gasteiger charge is -2.25. The molecule has 2 unspecified atom stereocenters. The highest BCUT2D eigenvalue weighted by Gasteiger charge is 2.33. The highest BCUT2D eigenvalue weighted by molar-refractivity contribution is 5.79. The van der Waals surface area contributed by atoms with E-state index in [4.69, 9.17) is 0 Å². The summed E-state index contributed by atoms with van der Waals surface area (Å²) >= 11 is 0. The summed E-state index contributed by atoms with van der Waals surface area (Å²) < 4.78 is 0. The molecule has 0 bridgehead atoms. The molecule has 1 aliphatic heterocycles. The zero-order valence-corrected chi connectivity index (χ0v) is 9.70. The second-order valence-corrected chi connectivity index (χ2v) is 4.28. The van der Waals surface area contributed by atoms with Crippen molar-refractivity contribution in [1.29, 1.82) is 0 Å². The fourth-order valence-corrected chi connectivity index (χ4v) is 2.07. The molecule has 0 aromatic rings. The lowest BCUT2D eigenvalue weighted by Crippen LogP contribution is -2.44. The van der Waals surface area contributed by atoms with Gasteiger partial charge in [0.05, 0.1) is 19.2 Å². The molecule has 1 heterocycles. The molecule has 2 atom stereocenters. The van der Waals surface area contributed by atoms with Crippen LogP contribution in [0, 0.1) is 5.92 Å². The molecule has 0 aliphatic carbocycles. The van der Waals surface area contributed by atoms with Crippen LogP contribution in [0.4, 0.5) is 0 Å². The topological polar surface area (TPSA) is 52.6 Å². The molecular formula is C11H22N2O2. The van der Waals surface area contributed by atoms with Crippen molar-refractivity contribution in [2.24, 2.45) is 5.92 Å². The molecule has 15 heavy (non-hydrogen) atoms. The first-order chi connectivity index (χ1) is 7.20. The fraction of sp³-hybridized carbons (Fsp3) is 0.909. The fourth-order valence-electron chi connectivity index (χ4n) is 2.07. The highest BCUT2D eigenvalue weighted by Crippen LogP contribution is 2.23. The molecule has 0 saturated carbocycles. The maximum Gasteiger partial charge on any atom is 0.236 e. The van der Waals surface area contributed by atoms with Gasteiger partial charge in [0.15, 0.2) is 0 Å². The van der Waals surface area contributed by atoms with Crippen LogP contribution in [-0.2, 0) is 4.79 Å². The number of aliphatic hydroxyl groups excluding tert-OH is 1. The van der Waals surface area contributed by atoms with Gasteiger partial charge in [-0.15, -0.1) is 0 Å². The number of rotatable bonds is 5. The Bertz CT molecular complexity index is 209. The largest absolute Gasteiger partial charge is 0.394 e. The van der Waals surface area contributed by atoms with Crippen molar-refractivity contribution in [2.75, 3.05) is 26.2 Å². The predicted octanol–water partition coefficient (Wildman–Crippen LogP) is 0.215. The van der Waals surface area contributed by atoms with Gasteiger partial charge < -0.3 is 15.3 Å². The van der Waals surface area contributed by atoms with Crippen molar-refractivity contribution < 1.29 is 9.90 Å². The van der Waals surface area contributed by atoms with Crippen LogP contribution >= 0.6 is 0 Å². The minimum atomic E-state index is 0.0286. The summed E-state index contributed by atoms with van der Waals surface area (Å²) in [6, 6.07) is 0.0286. The zero-order chi connectivity index (χ0) is 11.3. The normalized spacial score (nSPS) is 25.9. The van der Waals surface area contributed by atoms with Gasteiger partial charge in [-0.1, -0.05) is 13.8 Å². The molecule has 1 fully saturated rings. The Kier molecular flexibility index (Phi) is 5.05. The number of aliphatic hydroxyl groups is 1. The number of nitrogens with zero attached hydrogens (tertiary/aromatic N) is 1. The highest BCUT2D eigenvalue weighted by atomic mass is 16.3. The Morgan fingerprint density at radius 3 is 2.93 bits per heavy atom. The van der Waals surface area contributed by atoms with Crippen LogP contribution in [0.3, 0.4) is 0 Å². The van der Waals surface area contributed by atoms with Crippen LogP contribution in [0.15, 0.2) is 0 Å². The van der Waals surface area contributed by atoms with Gasteiger partial charge in [-0.2, -0.15) is 0 Å². The van der Waals surface area contributed by atoms with Crippen molar-refractivity contribution in [2.45, 2.75) is 32.7 Å². The molecule has 2 N–H and O–H groups in total. The Labute approximate surface area is 91.6 Å². The molecule has 1 aliphatic rings. The van der Waals surface area contributed by atoms with Crippen LogP contribution in [0.1, 0.15) is 26.7 Å². The standard InChI is InChI=1S/C11H22N2O2/c1-3-5-12-7-11(15)13-6-4-9(2)10(13)8-14/h9-10,12,14H,3-8H2,1-2H3. The molecule has 0 aromatic carbocycles. The Balaban J connectivity index is 2.38. The van der Waals surface area contributed by atoms with Gasteiger partial charge in [-0.05, 0) is 25.3 Å². The maximum atomic E-state index is 11.8. The average molecular weight is 214 g/mol. The molecular weight excluding hydrogens is 192 g/mol. The molecule has 0 spiro atoms. The van der Waals surface area contributed by atoms with Gasteiger partial charge in [0.2, 0.25) is 5.91 Å². The Morgan fingerprint density at radius 1 is 1.60 bits per heavy atom. The zero-order valence-electron chi connectivity index (χ0n) is 9.70. The molecule has 0 radical (unpaired) electrons. The average Bonchev–Trinajstić information content (AvgIpc) is 2.59. The van der Waals surface area contributed by atoms with Crippen molar-refractivity contribution in [3.05, 3.63) is 0 Å². The summed E-state index contributed by atoms with van der Waals surface area (Å²) in [6.07, 6.45) is 2.04. The molecule has 88 valence electrons. The van der Waals surface area contributed by atoms with Gasteiger partial charge in [0, 0.05) is 6.54 Å². The van der Waals surface area contributed by atoms with Gasteiger partial charge in [0.25, 0.3) is 0 Å². The molecule has 0 aromatic heterocycles. The first-order valence-electron chi connectivity index (χ1n) is 5.81. The quantitative estimate of drug-likeness (QED) is 0.644. The van der Waals surface area contributed by atoms with Crippen LogP contribution in [0.25, 0.3) is 0 Å². The predicted molar refractivity (Wildman–Crippen MR) is 59.5 cm³/mol. The SMILES string of the molecule is CCCNCC(=O)N1CCC(C)C1CO. The van der Waals surface area contributed by atoms with Crippen LogP contribution in [-0.4, -0.2) is 48.2 Å². The molecule has 4 heteroatoms. The second kappa shape index (κ2) is 6.08. The number of nitrogens with one attached hydrogen (secondary N) is 1. The summed E-state index contributed by atoms with van der Waals surface area (Å²) in [5.41, 5.74) is 0. The summed E-state index contributed by atoms with van der Waals surface area (Å²) in [5, 5.41) is 12.3. The Morgan fingerprint density at radius 2 is 2.33 bits per heavy atom. The van der Waals surface area contributed by atoms with Crippen molar-refractivity contribution in [3.8, 4) is 0 Å². The molecule has 4 nitrogen and oxygen atoms in total. The van der Waals surface area contributed by atoms with Gasteiger partial charge in [0.1, 0.15) is 0 Å². The van der Waals surface area contributed by atoms with E-state index in [1.165, 1.54) is 0 Å². The Hall–Kier alpha value is -0.610. The van der Waals surface area contributed by atoms with E-state index in [-0.39, 0.29) is 18.6 Å². The third-order valence-corrected chi connectivity index (χ3v) is 3.09. The summed E-state index contributed by atoms with van der Waals surface area (Å²) in [5.74, 6) is 0.539. The van der Waals surface area contributed by atoms with E-state index in [0.29, 0.717) is 12.5 Å². The van der Waals surface area contributed by atoms with Crippen molar-refractivity contribution in [3.63, 3.8) is 0 Å². The van der Waals surface area contributed by atoms with Crippen molar-refractivity contribution in [1.82, 2.24) is 10.2 Å². The van der Waals surface area contributed by atoms with E-state index in [9.17, 15) is 9.90 Å². The van der Waals surface area contributed by atoms with Crippen LogP contribution in [0.5, 0.6) is 0 Å². The first-order valence-corrected chi connectivity index (χ1v) is 5.81. The summed E-state index contributed by atoms with van der Waals surface area (Å²) in [7, 11) is 0.